The Kier molecular flexibility index (Phi) is 8.67. The Morgan fingerprint density at radius 3 is 2.60 bits per heavy atom. The summed E-state index contributed by atoms with van der Waals surface area (Å²) in [6.45, 7) is 8.01. The van der Waals surface area contributed by atoms with E-state index in [1.54, 1.807) is 0 Å². The van der Waals surface area contributed by atoms with Gasteiger partial charge in [0.2, 0.25) is 0 Å². The Morgan fingerprint density at radius 2 is 2.00 bits per heavy atom. The molecule has 0 aromatic rings. The lowest BCUT2D eigenvalue weighted by molar-refractivity contribution is 0.220. The average Bonchev–Trinajstić information content (AvgIpc) is 2.45. The summed E-state index contributed by atoms with van der Waals surface area (Å²) in [7, 11) is 4.07. The average molecular weight is 282 g/mol. The van der Waals surface area contributed by atoms with Crippen molar-refractivity contribution in [3.05, 3.63) is 0 Å². The van der Waals surface area contributed by atoms with Crippen LogP contribution in [0.4, 0.5) is 0 Å². The first-order chi connectivity index (χ1) is 9.65. The summed E-state index contributed by atoms with van der Waals surface area (Å²) in [6.07, 6.45) is 7.74. The van der Waals surface area contributed by atoms with Crippen molar-refractivity contribution < 1.29 is 0 Å². The third-order valence-electron chi connectivity index (χ3n) is 4.24. The van der Waals surface area contributed by atoms with Crippen LogP contribution < -0.4 is 10.6 Å². The molecule has 1 saturated heterocycles. The van der Waals surface area contributed by atoms with E-state index >= 15 is 0 Å². The van der Waals surface area contributed by atoms with Crippen LogP contribution in [-0.2, 0) is 0 Å². The van der Waals surface area contributed by atoms with E-state index in [4.69, 9.17) is 0 Å². The van der Waals surface area contributed by atoms with Crippen molar-refractivity contribution in [2.75, 3.05) is 33.7 Å². The van der Waals surface area contributed by atoms with E-state index in [-0.39, 0.29) is 0 Å². The fourth-order valence-corrected chi connectivity index (χ4v) is 2.71. The summed E-state index contributed by atoms with van der Waals surface area (Å²) < 4.78 is 0. The van der Waals surface area contributed by atoms with Gasteiger partial charge in [-0.15, -0.1) is 0 Å². The smallest absolute Gasteiger partial charge is 0.191 e. The topological polar surface area (TPSA) is 39.7 Å². The van der Waals surface area contributed by atoms with Gasteiger partial charge < -0.3 is 15.5 Å². The third-order valence-corrected chi connectivity index (χ3v) is 4.24. The number of likely N-dealkylation sites (tertiary alicyclic amines) is 1. The van der Waals surface area contributed by atoms with E-state index in [1.165, 1.54) is 51.6 Å². The van der Waals surface area contributed by atoms with Gasteiger partial charge in [-0.25, -0.2) is 0 Å². The summed E-state index contributed by atoms with van der Waals surface area (Å²) in [5, 5.41) is 7.00. The lowest BCUT2D eigenvalue weighted by atomic mass is 9.97. The molecule has 1 aliphatic heterocycles. The molecule has 0 aromatic carbocycles. The molecular weight excluding hydrogens is 248 g/mol. The van der Waals surface area contributed by atoms with Crippen LogP contribution in [0, 0.1) is 5.92 Å². The van der Waals surface area contributed by atoms with Crippen LogP contribution in [0.5, 0.6) is 0 Å². The highest BCUT2D eigenvalue weighted by molar-refractivity contribution is 5.79. The predicted molar refractivity (Wildman–Crippen MR) is 88.3 cm³/mol. The lowest BCUT2D eigenvalue weighted by Crippen LogP contribution is -2.45. The van der Waals surface area contributed by atoms with E-state index in [2.05, 4.69) is 41.4 Å². The first kappa shape index (κ1) is 17.3. The van der Waals surface area contributed by atoms with Crippen LogP contribution in [0.3, 0.4) is 0 Å². The molecule has 1 heterocycles. The Labute approximate surface area is 125 Å². The van der Waals surface area contributed by atoms with Crippen molar-refractivity contribution in [2.45, 2.75) is 58.4 Å². The molecule has 0 aliphatic carbocycles. The van der Waals surface area contributed by atoms with Gasteiger partial charge in [-0.3, -0.25) is 4.99 Å². The second-order valence-corrected chi connectivity index (χ2v) is 6.24. The minimum absolute atomic E-state index is 0.505. The number of nitrogens with zero attached hydrogens (tertiary/aromatic N) is 2. The monoisotopic (exact) mass is 282 g/mol. The molecule has 0 radical (unpaired) electrons. The predicted octanol–water partition coefficient (Wildman–Crippen LogP) is 2.46. The van der Waals surface area contributed by atoms with Gasteiger partial charge >= 0.3 is 0 Å². The zero-order valence-electron chi connectivity index (χ0n) is 13.9. The standard InChI is InChI=1S/C16H34N4/c1-5-6-7-8-14(2)19-16(17-3)18-13-15-9-11-20(4)12-10-15/h14-15H,5-13H2,1-4H3,(H2,17,18,19). The summed E-state index contributed by atoms with van der Waals surface area (Å²) >= 11 is 0. The summed E-state index contributed by atoms with van der Waals surface area (Å²) in [6, 6.07) is 0.505. The number of unbranched alkanes of at least 4 members (excludes halogenated alkanes) is 2. The zero-order valence-corrected chi connectivity index (χ0v) is 13.9. The van der Waals surface area contributed by atoms with Crippen molar-refractivity contribution >= 4 is 5.96 Å². The molecule has 0 saturated carbocycles. The highest BCUT2D eigenvalue weighted by Crippen LogP contribution is 2.14. The summed E-state index contributed by atoms with van der Waals surface area (Å²) in [5.41, 5.74) is 0. The maximum Gasteiger partial charge on any atom is 0.191 e. The largest absolute Gasteiger partial charge is 0.356 e. The molecule has 0 bridgehead atoms. The first-order valence-electron chi connectivity index (χ1n) is 8.31. The van der Waals surface area contributed by atoms with Gasteiger partial charge in [0, 0.05) is 19.6 Å². The molecule has 20 heavy (non-hydrogen) atoms. The molecule has 1 unspecified atom stereocenters. The number of hydrogen-bond donors (Lipinski definition) is 2. The number of hydrogen-bond acceptors (Lipinski definition) is 2. The highest BCUT2D eigenvalue weighted by Gasteiger charge is 2.16. The molecule has 1 aliphatic rings. The number of rotatable bonds is 7. The van der Waals surface area contributed by atoms with Crippen molar-refractivity contribution in [1.29, 1.82) is 0 Å². The van der Waals surface area contributed by atoms with E-state index in [1.807, 2.05) is 7.05 Å². The first-order valence-corrected chi connectivity index (χ1v) is 8.31. The van der Waals surface area contributed by atoms with Gasteiger partial charge in [-0.2, -0.15) is 0 Å². The highest BCUT2D eigenvalue weighted by atomic mass is 15.2. The van der Waals surface area contributed by atoms with Gasteiger partial charge in [0.25, 0.3) is 0 Å². The number of aliphatic imine (C=N–C) groups is 1. The zero-order chi connectivity index (χ0) is 14.8. The van der Waals surface area contributed by atoms with Crippen LogP contribution in [0.1, 0.15) is 52.4 Å². The molecule has 4 heteroatoms. The van der Waals surface area contributed by atoms with E-state index in [9.17, 15) is 0 Å². The molecule has 118 valence electrons. The molecule has 0 spiro atoms. The van der Waals surface area contributed by atoms with Gasteiger partial charge in [0.15, 0.2) is 5.96 Å². The quantitative estimate of drug-likeness (QED) is 0.428. The molecule has 4 nitrogen and oxygen atoms in total. The van der Waals surface area contributed by atoms with Gasteiger partial charge in [0.05, 0.1) is 0 Å². The van der Waals surface area contributed by atoms with E-state index in [0.717, 1.165) is 18.4 Å². The fraction of sp³-hybridized carbons (Fsp3) is 0.938. The van der Waals surface area contributed by atoms with Gasteiger partial charge in [-0.05, 0) is 52.2 Å². The van der Waals surface area contributed by atoms with Crippen LogP contribution in [0.25, 0.3) is 0 Å². The lowest BCUT2D eigenvalue weighted by Gasteiger charge is -2.29. The molecular formula is C16H34N4. The third kappa shape index (κ3) is 7.13. The minimum atomic E-state index is 0.505. The second kappa shape index (κ2) is 10.0. The van der Waals surface area contributed by atoms with Gasteiger partial charge in [0.1, 0.15) is 0 Å². The molecule has 1 atom stereocenters. The molecule has 0 amide bonds. The number of guanidine groups is 1. The van der Waals surface area contributed by atoms with Crippen LogP contribution in [-0.4, -0.2) is 50.6 Å². The molecule has 2 N–H and O–H groups in total. The van der Waals surface area contributed by atoms with Gasteiger partial charge in [-0.1, -0.05) is 26.2 Å². The molecule has 1 rings (SSSR count). The Balaban J connectivity index is 2.19. The van der Waals surface area contributed by atoms with E-state index in [0.29, 0.717) is 6.04 Å². The van der Waals surface area contributed by atoms with Crippen LogP contribution in [0.15, 0.2) is 4.99 Å². The Hall–Kier alpha value is -0.770. The Morgan fingerprint density at radius 1 is 1.30 bits per heavy atom. The second-order valence-electron chi connectivity index (χ2n) is 6.24. The van der Waals surface area contributed by atoms with E-state index < -0.39 is 0 Å². The van der Waals surface area contributed by atoms with Crippen molar-refractivity contribution in [3.63, 3.8) is 0 Å². The van der Waals surface area contributed by atoms with Crippen LogP contribution >= 0.6 is 0 Å². The maximum atomic E-state index is 4.34. The molecule has 0 aromatic heterocycles. The number of piperidine rings is 1. The van der Waals surface area contributed by atoms with Crippen molar-refractivity contribution in [2.24, 2.45) is 10.9 Å². The minimum Gasteiger partial charge on any atom is -0.356 e. The fourth-order valence-electron chi connectivity index (χ4n) is 2.71. The van der Waals surface area contributed by atoms with Crippen molar-refractivity contribution in [3.8, 4) is 0 Å². The van der Waals surface area contributed by atoms with Crippen LogP contribution in [0.2, 0.25) is 0 Å². The summed E-state index contributed by atoms with van der Waals surface area (Å²) in [4.78, 5) is 6.76. The number of nitrogens with one attached hydrogen (secondary N) is 2. The normalized spacial score (nSPS) is 19.9. The molecule has 1 fully saturated rings. The summed E-state index contributed by atoms with van der Waals surface area (Å²) in [5.74, 6) is 1.76. The maximum absolute atomic E-state index is 4.34. The van der Waals surface area contributed by atoms with Crippen molar-refractivity contribution in [1.82, 2.24) is 15.5 Å². The Bertz CT molecular complexity index is 270. The SMILES string of the molecule is CCCCCC(C)NC(=NC)NCC1CCN(C)CC1.